The number of fused-ring (bicyclic) bond motifs is 6. The van der Waals surface area contributed by atoms with E-state index < -0.39 is 15.8 Å². The molecule has 85 heavy (non-hydrogen) atoms. The maximum Gasteiger partial charge on any atom is 1.00 e. The Morgan fingerprint density at radius 1 is 0.271 bits per heavy atom. The van der Waals surface area contributed by atoms with Gasteiger partial charge in [0.15, 0.2) is 4.90 Å². The minimum Gasteiger partial charge on any atom is -0.366 e. The first-order valence-corrected chi connectivity index (χ1v) is 31.4. The predicted octanol–water partition coefficient (Wildman–Crippen LogP) is 17.4. The second kappa shape index (κ2) is 27.0. The summed E-state index contributed by atoms with van der Waals surface area (Å²) in [5.41, 5.74) is 15.9. The first kappa shape index (κ1) is 60.2. The van der Waals surface area contributed by atoms with Crippen molar-refractivity contribution in [2.75, 3.05) is 0 Å². The molecule has 0 saturated heterocycles. The van der Waals surface area contributed by atoms with E-state index in [4.69, 9.17) is 12.8 Å². The van der Waals surface area contributed by atoms with Gasteiger partial charge in [-0.25, -0.2) is 0 Å². The normalized spacial score (nSPS) is 12.5. The molecule has 14 rings (SSSR count). The van der Waals surface area contributed by atoms with Crippen LogP contribution >= 0.6 is 15.8 Å². The quantitative estimate of drug-likeness (QED) is 0.0554. The molecule has 4 heteroatoms. The van der Waals surface area contributed by atoms with Crippen LogP contribution in [0.2, 0.25) is 0 Å². The van der Waals surface area contributed by atoms with Crippen molar-refractivity contribution in [3.05, 3.63) is 396 Å². The van der Waals surface area contributed by atoms with E-state index in [9.17, 15) is 0 Å². The van der Waals surface area contributed by atoms with Crippen LogP contribution in [0.3, 0.4) is 0 Å². The summed E-state index contributed by atoms with van der Waals surface area (Å²) in [4.78, 5) is 0.154. The van der Waals surface area contributed by atoms with E-state index in [1.807, 2.05) is 12.1 Å². The Morgan fingerprint density at radius 2 is 0.494 bits per heavy atom. The van der Waals surface area contributed by atoms with Crippen LogP contribution in [0.25, 0.3) is 22.3 Å². The van der Waals surface area contributed by atoms with E-state index in [1.54, 1.807) is 0 Å². The van der Waals surface area contributed by atoms with Gasteiger partial charge in [0.2, 0.25) is 0 Å². The topological polar surface area (TPSA) is 0 Å². The van der Waals surface area contributed by atoms with E-state index in [0.717, 1.165) is 11.1 Å². The summed E-state index contributed by atoms with van der Waals surface area (Å²) in [6, 6.07) is 117. The monoisotopic (exact) mass is 1490 g/mol. The maximum atomic E-state index is 7.57. The largest absolute Gasteiger partial charge is 1.00 e. The molecule has 0 aromatic heterocycles. The van der Waals surface area contributed by atoms with Crippen molar-refractivity contribution < 1.29 is 44.8 Å². The van der Waals surface area contributed by atoms with E-state index in [1.165, 1.54) is 88.0 Å². The van der Waals surface area contributed by atoms with E-state index >= 15 is 0 Å². The second-order valence-corrected chi connectivity index (χ2v) is 28.5. The van der Waals surface area contributed by atoms with Crippen molar-refractivity contribution in [2.24, 2.45) is 0 Å². The van der Waals surface area contributed by atoms with E-state index in [-0.39, 0.29) is 60.5 Å². The summed E-state index contributed by atoms with van der Waals surface area (Å²) in [7, 11) is -2.05. The molecule has 0 fully saturated rings. The summed E-state index contributed by atoms with van der Waals surface area (Å²) in [6.07, 6.45) is 15.1. The number of hydrogen-bond acceptors (Lipinski definition) is 0. The minimum absolute atomic E-state index is 0. The van der Waals surface area contributed by atoms with Gasteiger partial charge >= 0.3 is 44.8 Å². The summed E-state index contributed by atoms with van der Waals surface area (Å²) in [5.74, 6) is 5.09. The van der Waals surface area contributed by atoms with Crippen LogP contribution < -0.4 is 21.2 Å². The SMILES string of the molecule is CC(C)([PH+](c1ccccc1)c1ccccc1)[PH+](c1ccccc1)c1ccccc1.[Au+].[Au+].[C-]#Cc1ccc2c(c1)-c1ccccc1C2(c1ccccc1)c1ccccc1.[C-]#Cc1ccc2c(c1)-c1ccccc1C2(c1ccccc1)c1ccccc1. The molecule has 416 valence electrons. The maximum absolute atomic E-state index is 7.57. The van der Waals surface area contributed by atoms with Gasteiger partial charge in [0, 0.05) is 13.8 Å². The fourth-order valence-electron chi connectivity index (χ4n) is 13.4. The number of benzene rings is 12. The first-order chi connectivity index (χ1) is 40.9. The van der Waals surface area contributed by atoms with Crippen LogP contribution in [-0.4, -0.2) is 4.90 Å². The van der Waals surface area contributed by atoms with Gasteiger partial charge in [0.05, 0.1) is 10.8 Å². The summed E-state index contributed by atoms with van der Waals surface area (Å²) >= 11 is 0. The third kappa shape index (κ3) is 11.3. The molecule has 0 unspecified atom stereocenters. The standard InChI is InChI=1S/C27H26P2.2C27H17.2Au/c1-27(2,28(23-15-7-3-8-16-23)24-17-9-4-10-18-24)29(25-19-11-5-12-20-25)26-21-13-6-14-22-26;2*1-2-20-17-18-26-24(19-20)23-15-9-10-16-25(23)27(26,21-11-5-3-6-12-21)22-13-7-4-8-14-22;;/h3-22H,1-2H3;2*3-19H;;/q;2*-1;2*+1/p+2. The molecule has 0 spiro atoms. The minimum atomic E-state index is -1.02. The van der Waals surface area contributed by atoms with Gasteiger partial charge in [-0.15, -0.1) is 35.4 Å². The first-order valence-electron chi connectivity index (χ1n) is 28.4. The molecule has 2 aliphatic carbocycles. The summed E-state index contributed by atoms with van der Waals surface area (Å²) < 4.78 is 0. The van der Waals surface area contributed by atoms with Gasteiger partial charge < -0.3 is 12.8 Å². The van der Waals surface area contributed by atoms with Crippen molar-refractivity contribution in [3.63, 3.8) is 0 Å². The molecule has 12 aromatic rings. The average Bonchev–Trinajstić information content (AvgIpc) is 1.62. The molecule has 0 amide bonds. The molecular formula is C81H62Au2P2+2. The van der Waals surface area contributed by atoms with Crippen molar-refractivity contribution in [1.29, 1.82) is 0 Å². The molecular weight excluding hydrogens is 1430 g/mol. The molecule has 0 bridgehead atoms. The smallest absolute Gasteiger partial charge is 0.366 e. The Morgan fingerprint density at radius 3 is 0.753 bits per heavy atom. The van der Waals surface area contributed by atoms with Gasteiger partial charge in [-0.2, -0.15) is 0 Å². The Balaban J connectivity index is 0.000000140. The Kier molecular flexibility index (Phi) is 19.1. The van der Waals surface area contributed by atoms with Gasteiger partial charge in [-0.1, -0.05) is 255 Å². The third-order valence-corrected chi connectivity index (χ3v) is 24.3. The zero-order valence-electron chi connectivity index (χ0n) is 47.3. The molecule has 2 aliphatic rings. The summed E-state index contributed by atoms with van der Waals surface area (Å²) in [5, 5.41) is 5.96. The predicted molar refractivity (Wildman–Crippen MR) is 355 cm³/mol. The fraction of sp³-hybridized carbons (Fsp3) is 0.0617. The molecule has 12 aromatic carbocycles. The van der Waals surface area contributed by atoms with Crippen LogP contribution in [0.5, 0.6) is 0 Å². The Bertz CT molecular complexity index is 3800. The van der Waals surface area contributed by atoms with Crippen LogP contribution in [-0.2, 0) is 55.6 Å². The zero-order chi connectivity index (χ0) is 56.6. The van der Waals surface area contributed by atoms with Crippen molar-refractivity contribution in [3.8, 4) is 34.1 Å². The average molecular weight is 1490 g/mol. The van der Waals surface area contributed by atoms with Crippen LogP contribution in [0.15, 0.2) is 328 Å². The van der Waals surface area contributed by atoms with Gasteiger partial charge in [-0.05, 0) is 115 Å². The van der Waals surface area contributed by atoms with Crippen molar-refractivity contribution in [2.45, 2.75) is 29.6 Å². The van der Waals surface area contributed by atoms with E-state index in [2.05, 4.69) is 341 Å². The van der Waals surface area contributed by atoms with Crippen LogP contribution in [0.1, 0.15) is 69.5 Å². The second-order valence-electron chi connectivity index (χ2n) is 21.7. The molecule has 0 heterocycles. The molecule has 0 nitrogen and oxygen atoms in total. The number of rotatable bonds is 10. The Hall–Kier alpha value is -7.90. The van der Waals surface area contributed by atoms with Gasteiger partial charge in [-0.3, -0.25) is 11.8 Å². The molecule has 0 saturated carbocycles. The fourth-order valence-corrected chi connectivity index (χ4v) is 21.8. The van der Waals surface area contributed by atoms with Crippen LogP contribution in [0.4, 0.5) is 0 Å². The molecule has 0 N–H and O–H groups in total. The third-order valence-electron chi connectivity index (χ3n) is 16.7. The van der Waals surface area contributed by atoms with Gasteiger partial charge in [0.1, 0.15) is 37.1 Å². The van der Waals surface area contributed by atoms with Crippen LogP contribution in [0, 0.1) is 24.7 Å². The molecule has 0 atom stereocenters. The van der Waals surface area contributed by atoms with Crippen molar-refractivity contribution in [1.82, 2.24) is 0 Å². The Labute approximate surface area is 537 Å². The zero-order valence-corrected chi connectivity index (χ0v) is 53.6. The van der Waals surface area contributed by atoms with E-state index in [0.29, 0.717) is 0 Å². The molecule has 0 radical (unpaired) electrons. The van der Waals surface area contributed by atoms with Crippen molar-refractivity contribution >= 4 is 37.1 Å². The van der Waals surface area contributed by atoms with Gasteiger partial charge in [0.25, 0.3) is 0 Å². The summed E-state index contributed by atoms with van der Waals surface area (Å²) in [6.45, 7) is 5.02. The molecule has 0 aliphatic heterocycles. The number of hydrogen-bond donors (Lipinski definition) is 0.